The van der Waals surface area contributed by atoms with Crippen LogP contribution < -0.4 is 10.6 Å². The molecule has 0 radical (unpaired) electrons. The Labute approximate surface area is 163 Å². The lowest BCUT2D eigenvalue weighted by atomic mass is 9.87. The summed E-state index contributed by atoms with van der Waals surface area (Å²) in [5.74, 6) is 0.896. The molecule has 3 aromatic rings. The maximum atomic E-state index is 12.4. The van der Waals surface area contributed by atoms with E-state index in [2.05, 4.69) is 21.7 Å². The van der Waals surface area contributed by atoms with Crippen molar-refractivity contribution in [3.8, 4) is 0 Å². The van der Waals surface area contributed by atoms with E-state index in [0.29, 0.717) is 32.2 Å². The van der Waals surface area contributed by atoms with Crippen LogP contribution in [0.25, 0.3) is 10.9 Å². The summed E-state index contributed by atoms with van der Waals surface area (Å²) in [6, 6.07) is 11.9. The van der Waals surface area contributed by atoms with Crippen LogP contribution in [0.15, 0.2) is 53.3 Å². The number of fused-ring (bicyclic) bond motifs is 1. The van der Waals surface area contributed by atoms with Crippen molar-refractivity contribution in [2.75, 3.05) is 6.54 Å². The van der Waals surface area contributed by atoms with Gasteiger partial charge in [0.2, 0.25) is 11.8 Å². The van der Waals surface area contributed by atoms with Crippen LogP contribution in [0.1, 0.15) is 37.0 Å². The van der Waals surface area contributed by atoms with Crippen LogP contribution in [-0.4, -0.2) is 28.9 Å². The summed E-state index contributed by atoms with van der Waals surface area (Å²) in [5.41, 5.74) is 1.93. The fourth-order valence-electron chi connectivity index (χ4n) is 4.04. The monoisotopic (exact) mass is 379 g/mol. The maximum Gasteiger partial charge on any atom is 0.220 e. The van der Waals surface area contributed by atoms with Gasteiger partial charge in [-0.3, -0.25) is 9.59 Å². The summed E-state index contributed by atoms with van der Waals surface area (Å²) in [6.07, 6.45) is 7.27. The lowest BCUT2D eigenvalue weighted by Crippen LogP contribution is -2.44. The van der Waals surface area contributed by atoms with Crippen LogP contribution >= 0.6 is 0 Å². The summed E-state index contributed by atoms with van der Waals surface area (Å²) < 4.78 is 5.45. The molecule has 3 heterocycles. The zero-order valence-corrected chi connectivity index (χ0v) is 15.8. The van der Waals surface area contributed by atoms with Gasteiger partial charge in [0.1, 0.15) is 5.76 Å². The maximum absolute atomic E-state index is 12.4. The Hall–Kier alpha value is -3.02. The summed E-state index contributed by atoms with van der Waals surface area (Å²) >= 11 is 0. The molecule has 0 aliphatic carbocycles. The predicted octanol–water partition coefficient (Wildman–Crippen LogP) is 3.09. The molecule has 1 aliphatic rings. The van der Waals surface area contributed by atoms with Crippen LogP contribution in [0.3, 0.4) is 0 Å². The number of H-pyrrole nitrogens is 1. The molecule has 1 saturated heterocycles. The van der Waals surface area contributed by atoms with Gasteiger partial charge in [-0.2, -0.15) is 0 Å². The number of aromatic amines is 1. The Morgan fingerprint density at radius 3 is 2.89 bits per heavy atom. The number of benzene rings is 1. The van der Waals surface area contributed by atoms with Gasteiger partial charge in [-0.05, 0) is 43.0 Å². The van der Waals surface area contributed by atoms with Crippen molar-refractivity contribution in [1.29, 1.82) is 0 Å². The number of hydrogen-bond acceptors (Lipinski definition) is 3. The SMILES string of the molecule is O=C(CC[C@]1(Cc2ccco2)CCC(=O)N1)NCCc1c[nH]c2ccccc12. The first-order chi connectivity index (χ1) is 13.6. The number of carbonyl (C=O) groups excluding carboxylic acids is 2. The molecule has 0 saturated carbocycles. The number of amides is 2. The molecule has 1 atom stereocenters. The first-order valence-electron chi connectivity index (χ1n) is 9.79. The molecule has 28 heavy (non-hydrogen) atoms. The third kappa shape index (κ3) is 4.11. The van der Waals surface area contributed by atoms with Crippen LogP contribution in [-0.2, 0) is 22.4 Å². The molecule has 6 heteroatoms. The Bertz CT molecular complexity index is 960. The standard InChI is InChI=1S/C22H25N3O3/c26-20(23-12-9-16-15-24-19-6-2-1-5-18(16)19)7-10-22(11-8-21(27)25-22)14-17-4-3-13-28-17/h1-6,13,15,24H,7-12,14H2,(H,23,26)(H,25,27)/t22-/m1/s1. The average molecular weight is 379 g/mol. The van der Waals surface area contributed by atoms with E-state index in [1.54, 1.807) is 6.26 Å². The van der Waals surface area contributed by atoms with E-state index in [1.807, 2.05) is 36.5 Å². The molecular weight excluding hydrogens is 354 g/mol. The van der Waals surface area contributed by atoms with Crippen molar-refractivity contribution in [2.45, 2.75) is 44.1 Å². The highest BCUT2D eigenvalue weighted by Gasteiger charge is 2.38. The normalized spacial score (nSPS) is 19.1. The number of hydrogen-bond donors (Lipinski definition) is 3. The van der Waals surface area contributed by atoms with Crippen LogP contribution in [0.5, 0.6) is 0 Å². The quantitative estimate of drug-likeness (QED) is 0.562. The van der Waals surface area contributed by atoms with E-state index in [9.17, 15) is 9.59 Å². The van der Waals surface area contributed by atoms with Gasteiger partial charge in [0.05, 0.1) is 6.26 Å². The summed E-state index contributed by atoms with van der Waals surface area (Å²) in [5, 5.41) is 7.28. The number of aromatic nitrogens is 1. The third-order valence-electron chi connectivity index (χ3n) is 5.55. The van der Waals surface area contributed by atoms with Crippen LogP contribution in [0.2, 0.25) is 0 Å². The van der Waals surface area contributed by atoms with Crippen molar-refractivity contribution >= 4 is 22.7 Å². The highest BCUT2D eigenvalue weighted by atomic mass is 16.3. The van der Waals surface area contributed by atoms with Gasteiger partial charge in [0.15, 0.2) is 0 Å². The Morgan fingerprint density at radius 2 is 2.11 bits per heavy atom. The van der Waals surface area contributed by atoms with Gasteiger partial charge in [0.25, 0.3) is 0 Å². The van der Waals surface area contributed by atoms with Crippen molar-refractivity contribution in [3.05, 3.63) is 60.2 Å². The fraction of sp³-hybridized carbons (Fsp3) is 0.364. The van der Waals surface area contributed by atoms with Crippen molar-refractivity contribution < 1.29 is 14.0 Å². The van der Waals surface area contributed by atoms with Gasteiger partial charge in [-0.1, -0.05) is 18.2 Å². The number of nitrogens with one attached hydrogen (secondary N) is 3. The molecule has 2 aromatic heterocycles. The number of para-hydroxylation sites is 1. The topological polar surface area (TPSA) is 87.1 Å². The third-order valence-corrected chi connectivity index (χ3v) is 5.55. The largest absolute Gasteiger partial charge is 0.469 e. The molecule has 1 aliphatic heterocycles. The average Bonchev–Trinajstić information content (AvgIpc) is 3.42. The second kappa shape index (κ2) is 7.92. The zero-order valence-electron chi connectivity index (χ0n) is 15.8. The number of carbonyl (C=O) groups is 2. The highest BCUT2D eigenvalue weighted by Crippen LogP contribution is 2.29. The molecule has 146 valence electrons. The first kappa shape index (κ1) is 18.3. The van der Waals surface area contributed by atoms with E-state index >= 15 is 0 Å². The molecule has 6 nitrogen and oxygen atoms in total. The van der Waals surface area contributed by atoms with E-state index < -0.39 is 0 Å². The number of rotatable bonds is 8. The molecule has 2 amide bonds. The highest BCUT2D eigenvalue weighted by molar-refractivity contribution is 5.83. The van der Waals surface area contributed by atoms with Gasteiger partial charge in [-0.25, -0.2) is 0 Å². The van der Waals surface area contributed by atoms with Gasteiger partial charge < -0.3 is 20.0 Å². The molecule has 4 rings (SSSR count). The Balaban J connectivity index is 1.28. The lowest BCUT2D eigenvalue weighted by molar-refractivity contribution is -0.122. The van der Waals surface area contributed by atoms with Crippen LogP contribution in [0, 0.1) is 0 Å². The molecule has 1 aromatic carbocycles. The Morgan fingerprint density at radius 1 is 1.21 bits per heavy atom. The zero-order chi connectivity index (χ0) is 19.4. The fourth-order valence-corrected chi connectivity index (χ4v) is 4.04. The molecule has 1 fully saturated rings. The summed E-state index contributed by atoms with van der Waals surface area (Å²) in [6.45, 7) is 0.595. The molecule has 3 N–H and O–H groups in total. The second-order valence-electron chi connectivity index (χ2n) is 7.54. The second-order valence-corrected chi connectivity index (χ2v) is 7.54. The molecule has 0 spiro atoms. The van der Waals surface area contributed by atoms with Crippen molar-refractivity contribution in [1.82, 2.24) is 15.6 Å². The molecular formula is C22H25N3O3. The van der Waals surface area contributed by atoms with Gasteiger partial charge >= 0.3 is 0 Å². The first-order valence-corrected chi connectivity index (χ1v) is 9.79. The lowest BCUT2D eigenvalue weighted by Gasteiger charge is -2.28. The minimum absolute atomic E-state index is 0.0137. The predicted molar refractivity (Wildman–Crippen MR) is 107 cm³/mol. The molecule has 0 unspecified atom stereocenters. The Kier molecular flexibility index (Phi) is 5.19. The number of furan rings is 1. The van der Waals surface area contributed by atoms with E-state index in [-0.39, 0.29) is 17.4 Å². The van der Waals surface area contributed by atoms with Crippen molar-refractivity contribution in [2.24, 2.45) is 0 Å². The van der Waals surface area contributed by atoms with Crippen molar-refractivity contribution in [3.63, 3.8) is 0 Å². The van der Waals surface area contributed by atoms with E-state index in [1.165, 1.54) is 10.9 Å². The minimum Gasteiger partial charge on any atom is -0.469 e. The van der Waals surface area contributed by atoms with Gasteiger partial charge in [-0.15, -0.1) is 0 Å². The van der Waals surface area contributed by atoms with E-state index in [4.69, 9.17) is 4.42 Å². The minimum atomic E-state index is -0.386. The molecule has 0 bridgehead atoms. The smallest absolute Gasteiger partial charge is 0.220 e. The van der Waals surface area contributed by atoms with Crippen LogP contribution in [0.4, 0.5) is 0 Å². The van der Waals surface area contributed by atoms with E-state index in [0.717, 1.165) is 24.1 Å². The summed E-state index contributed by atoms with van der Waals surface area (Å²) in [4.78, 5) is 27.4. The summed E-state index contributed by atoms with van der Waals surface area (Å²) in [7, 11) is 0. The van der Waals surface area contributed by atoms with Gasteiger partial charge in [0, 0.05) is 48.4 Å².